The lowest BCUT2D eigenvalue weighted by Gasteiger charge is -2.18. The van der Waals surface area contributed by atoms with Gasteiger partial charge in [0, 0.05) is 6.20 Å². The van der Waals surface area contributed by atoms with Gasteiger partial charge in [-0.2, -0.15) is 5.10 Å². The van der Waals surface area contributed by atoms with E-state index in [1.165, 1.54) is 4.90 Å². The second kappa shape index (κ2) is 5.41. The fourth-order valence-electron chi connectivity index (χ4n) is 4.37. The van der Waals surface area contributed by atoms with E-state index in [-0.39, 0.29) is 35.9 Å². The van der Waals surface area contributed by atoms with Crippen molar-refractivity contribution in [2.75, 3.05) is 4.90 Å². The van der Waals surface area contributed by atoms with Crippen molar-refractivity contribution in [3.05, 3.63) is 47.2 Å². The van der Waals surface area contributed by atoms with Gasteiger partial charge < -0.3 is 4.74 Å². The van der Waals surface area contributed by atoms with E-state index >= 15 is 0 Å². The van der Waals surface area contributed by atoms with Gasteiger partial charge in [-0.15, -0.1) is 0 Å². The van der Waals surface area contributed by atoms with E-state index < -0.39 is 0 Å². The molecule has 3 aliphatic heterocycles. The Balaban J connectivity index is 1.44. The van der Waals surface area contributed by atoms with Crippen LogP contribution in [0, 0.1) is 11.8 Å². The largest absolute Gasteiger partial charge is 0.373 e. The van der Waals surface area contributed by atoms with E-state index in [4.69, 9.17) is 16.3 Å². The molecular formula is C18H16ClN3O3. The van der Waals surface area contributed by atoms with Gasteiger partial charge in [-0.3, -0.25) is 14.3 Å². The fourth-order valence-corrected chi connectivity index (χ4v) is 4.53. The standard InChI is InChI=1S/C18H16ClN3O3/c19-11-7-20-21(9-11)8-10-2-1-3-12(6-10)22-17(23)15-13-4-5-14(25-13)16(15)18(22)24/h1-3,6-7,9,13-16H,4-5,8H2/t13-,14-,15-,16+/m0/s1. The van der Waals surface area contributed by atoms with Crippen molar-refractivity contribution >= 4 is 29.1 Å². The van der Waals surface area contributed by atoms with Crippen molar-refractivity contribution in [1.82, 2.24) is 9.78 Å². The Labute approximate surface area is 149 Å². The number of carbonyl (C=O) groups excluding carboxylic acids is 2. The fraction of sp³-hybridized carbons (Fsp3) is 0.389. The van der Waals surface area contributed by atoms with Crippen LogP contribution in [0.25, 0.3) is 0 Å². The average Bonchev–Trinajstić information content (AvgIpc) is 3.34. The Kier molecular flexibility index (Phi) is 3.27. The molecule has 3 fully saturated rings. The Morgan fingerprint density at radius 1 is 1.16 bits per heavy atom. The summed E-state index contributed by atoms with van der Waals surface area (Å²) in [7, 11) is 0. The lowest BCUT2D eigenvalue weighted by Crippen LogP contribution is -2.34. The molecule has 7 heteroatoms. The third-order valence-corrected chi connectivity index (χ3v) is 5.59. The number of rotatable bonds is 3. The molecule has 0 radical (unpaired) electrons. The number of hydrogen-bond acceptors (Lipinski definition) is 4. The van der Waals surface area contributed by atoms with E-state index in [1.54, 1.807) is 23.1 Å². The third kappa shape index (κ3) is 2.24. The molecule has 6 nitrogen and oxygen atoms in total. The van der Waals surface area contributed by atoms with Gasteiger partial charge >= 0.3 is 0 Å². The smallest absolute Gasteiger partial charge is 0.240 e. The number of nitrogens with zero attached hydrogens (tertiary/aromatic N) is 3. The minimum Gasteiger partial charge on any atom is -0.373 e. The second-order valence-electron chi connectivity index (χ2n) is 6.88. The maximum atomic E-state index is 12.9. The van der Waals surface area contributed by atoms with Gasteiger partial charge in [0.25, 0.3) is 0 Å². The van der Waals surface area contributed by atoms with Crippen LogP contribution in [0.5, 0.6) is 0 Å². The SMILES string of the molecule is O=C1[C@@H]2[C@H](C(=O)N1c1cccc(Cn3cc(Cl)cn3)c1)[C@@H]1CC[C@@H]2O1. The number of benzene rings is 1. The van der Waals surface area contributed by atoms with Crippen LogP contribution < -0.4 is 4.90 Å². The highest BCUT2D eigenvalue weighted by molar-refractivity contribution is 6.30. The molecule has 3 aliphatic rings. The molecule has 0 unspecified atom stereocenters. The zero-order valence-electron chi connectivity index (χ0n) is 13.3. The summed E-state index contributed by atoms with van der Waals surface area (Å²) in [5.74, 6) is -0.859. The average molecular weight is 358 g/mol. The number of aromatic nitrogens is 2. The Hall–Kier alpha value is -2.18. The Morgan fingerprint density at radius 3 is 2.52 bits per heavy atom. The van der Waals surface area contributed by atoms with E-state index in [2.05, 4.69) is 5.10 Å². The van der Waals surface area contributed by atoms with E-state index in [0.717, 1.165) is 18.4 Å². The Bertz CT molecular complexity index is 852. The topological polar surface area (TPSA) is 64.4 Å². The van der Waals surface area contributed by atoms with Gasteiger partial charge in [0.05, 0.1) is 47.5 Å². The lowest BCUT2D eigenvalue weighted by atomic mass is 9.81. The first kappa shape index (κ1) is 15.1. The first-order valence-corrected chi connectivity index (χ1v) is 8.80. The van der Waals surface area contributed by atoms with Crippen LogP contribution in [-0.4, -0.2) is 33.8 Å². The summed E-state index contributed by atoms with van der Waals surface area (Å²) in [6.45, 7) is 0.526. The van der Waals surface area contributed by atoms with Crippen LogP contribution >= 0.6 is 11.6 Å². The number of hydrogen-bond donors (Lipinski definition) is 0. The Morgan fingerprint density at radius 2 is 1.88 bits per heavy atom. The van der Waals surface area contributed by atoms with Crippen LogP contribution in [0.2, 0.25) is 5.02 Å². The molecule has 0 N–H and O–H groups in total. The molecule has 1 aromatic carbocycles. The first-order valence-electron chi connectivity index (χ1n) is 8.42. The zero-order chi connectivity index (χ0) is 17.1. The molecule has 2 bridgehead atoms. The zero-order valence-corrected chi connectivity index (χ0v) is 14.1. The summed E-state index contributed by atoms with van der Waals surface area (Å²) in [5.41, 5.74) is 1.58. The molecule has 128 valence electrons. The monoisotopic (exact) mass is 357 g/mol. The van der Waals surface area contributed by atoms with Crippen molar-refractivity contribution in [3.63, 3.8) is 0 Å². The van der Waals surface area contributed by atoms with Gasteiger partial charge in [-0.25, -0.2) is 4.90 Å². The first-order chi connectivity index (χ1) is 12.1. The summed E-state index contributed by atoms with van der Waals surface area (Å²) in [5, 5.41) is 4.74. The number of ether oxygens (including phenoxy) is 1. The van der Waals surface area contributed by atoms with E-state index in [9.17, 15) is 9.59 Å². The van der Waals surface area contributed by atoms with Gasteiger partial charge in [-0.05, 0) is 30.5 Å². The molecular weight excluding hydrogens is 342 g/mol. The van der Waals surface area contributed by atoms with Crippen molar-refractivity contribution in [3.8, 4) is 0 Å². The molecule has 0 aliphatic carbocycles. The van der Waals surface area contributed by atoms with Crippen LogP contribution in [0.4, 0.5) is 5.69 Å². The molecule has 0 saturated carbocycles. The molecule has 2 amide bonds. The van der Waals surface area contributed by atoms with Gasteiger partial charge in [0.2, 0.25) is 11.8 Å². The summed E-state index contributed by atoms with van der Waals surface area (Å²) in [6, 6.07) is 7.47. The van der Waals surface area contributed by atoms with Gasteiger partial charge in [0.1, 0.15) is 0 Å². The number of anilines is 1. The summed E-state index contributed by atoms with van der Waals surface area (Å²) >= 11 is 5.89. The molecule has 4 atom stereocenters. The van der Waals surface area contributed by atoms with Crippen LogP contribution in [0.3, 0.4) is 0 Å². The number of fused-ring (bicyclic) bond motifs is 5. The molecule has 0 spiro atoms. The number of imide groups is 1. The van der Waals surface area contributed by atoms with E-state index in [1.807, 2.05) is 18.2 Å². The predicted octanol–water partition coefficient (Wildman–Crippen LogP) is 2.25. The summed E-state index contributed by atoms with van der Waals surface area (Å²) < 4.78 is 7.50. The number of carbonyl (C=O) groups is 2. The second-order valence-corrected chi connectivity index (χ2v) is 7.32. The molecule has 5 rings (SSSR count). The maximum Gasteiger partial charge on any atom is 0.240 e. The normalized spacial score (nSPS) is 30.4. The van der Waals surface area contributed by atoms with Crippen LogP contribution in [0.1, 0.15) is 18.4 Å². The number of amides is 2. The molecule has 2 aromatic rings. The minimum atomic E-state index is -0.306. The van der Waals surface area contributed by atoms with Crippen molar-refractivity contribution < 1.29 is 14.3 Å². The highest BCUT2D eigenvalue weighted by atomic mass is 35.5. The minimum absolute atomic E-state index is 0.0918. The van der Waals surface area contributed by atoms with Crippen LogP contribution in [-0.2, 0) is 20.9 Å². The number of halogens is 1. The molecule has 25 heavy (non-hydrogen) atoms. The van der Waals surface area contributed by atoms with Gasteiger partial charge in [0.15, 0.2) is 0 Å². The van der Waals surface area contributed by atoms with Crippen molar-refractivity contribution in [2.45, 2.75) is 31.6 Å². The quantitative estimate of drug-likeness (QED) is 0.790. The summed E-state index contributed by atoms with van der Waals surface area (Å²) in [6.07, 6.45) is 4.88. The molecule has 1 aromatic heterocycles. The lowest BCUT2D eigenvalue weighted by molar-refractivity contribution is -0.124. The highest BCUT2D eigenvalue weighted by Gasteiger charge is 2.62. The van der Waals surface area contributed by atoms with Crippen molar-refractivity contribution in [2.24, 2.45) is 11.8 Å². The summed E-state index contributed by atoms with van der Waals surface area (Å²) in [4.78, 5) is 27.1. The van der Waals surface area contributed by atoms with E-state index in [0.29, 0.717) is 17.3 Å². The third-order valence-electron chi connectivity index (χ3n) is 5.40. The van der Waals surface area contributed by atoms with Crippen molar-refractivity contribution in [1.29, 1.82) is 0 Å². The maximum absolute atomic E-state index is 12.9. The van der Waals surface area contributed by atoms with Crippen LogP contribution in [0.15, 0.2) is 36.7 Å². The highest BCUT2D eigenvalue weighted by Crippen LogP contribution is 2.49. The predicted molar refractivity (Wildman–Crippen MR) is 90.1 cm³/mol. The molecule has 3 saturated heterocycles. The molecule has 4 heterocycles. The van der Waals surface area contributed by atoms with Gasteiger partial charge in [-0.1, -0.05) is 23.7 Å².